The summed E-state index contributed by atoms with van der Waals surface area (Å²) in [4.78, 5) is 29.2. The fourth-order valence-corrected chi connectivity index (χ4v) is 4.54. The minimum absolute atomic E-state index is 0.204. The normalized spacial score (nSPS) is 18.0. The third-order valence-corrected chi connectivity index (χ3v) is 6.46. The molecule has 1 saturated carbocycles. The third kappa shape index (κ3) is 4.25. The number of ether oxygens (including phenoxy) is 1. The van der Waals surface area contributed by atoms with Crippen LogP contribution in [0.25, 0.3) is 10.9 Å². The minimum Gasteiger partial charge on any atom is -0.474 e. The Kier molecular flexibility index (Phi) is 5.55. The summed E-state index contributed by atoms with van der Waals surface area (Å²) in [5.41, 5.74) is 2.88. The Bertz CT molecular complexity index is 1120. The molecule has 5 rings (SSSR count). The van der Waals surface area contributed by atoms with Gasteiger partial charge in [0.15, 0.2) is 0 Å². The maximum atomic E-state index is 11.8. The molecule has 0 atom stereocenters. The van der Waals surface area contributed by atoms with Crippen LogP contribution < -0.4 is 15.3 Å². The van der Waals surface area contributed by atoms with Crippen molar-refractivity contribution in [3.05, 3.63) is 53.0 Å². The Morgan fingerprint density at radius 2 is 1.84 bits per heavy atom. The number of hydrogen-bond donors (Lipinski definition) is 0. The van der Waals surface area contributed by atoms with Crippen molar-refractivity contribution >= 4 is 16.6 Å². The molecule has 1 aliphatic carbocycles. The summed E-state index contributed by atoms with van der Waals surface area (Å²) in [5, 5.41) is 0.987. The van der Waals surface area contributed by atoms with Gasteiger partial charge < -0.3 is 9.64 Å². The maximum Gasteiger partial charge on any atom is 0.347 e. The molecule has 2 fully saturated rings. The van der Waals surface area contributed by atoms with E-state index >= 15 is 0 Å². The number of piperazine rings is 1. The summed E-state index contributed by atoms with van der Waals surface area (Å²) in [6, 6.07) is 8.29. The molecule has 8 nitrogen and oxygen atoms in total. The molecule has 0 bridgehead atoms. The SMILES string of the molecule is Cn1c(CN2CCN(c3ccc4ncnc(OC5CCCC5)c4c3)CC2)ccnc1=O. The molecule has 2 aromatic heterocycles. The lowest BCUT2D eigenvalue weighted by Gasteiger charge is -2.36. The average molecular weight is 421 g/mol. The van der Waals surface area contributed by atoms with Gasteiger partial charge in [-0.15, -0.1) is 0 Å². The van der Waals surface area contributed by atoms with E-state index in [1.165, 1.54) is 18.5 Å². The molecule has 0 spiro atoms. The number of aromatic nitrogens is 4. The van der Waals surface area contributed by atoms with Gasteiger partial charge in [0.05, 0.1) is 10.9 Å². The predicted octanol–water partition coefficient (Wildman–Crippen LogP) is 2.37. The topological polar surface area (TPSA) is 76.4 Å². The van der Waals surface area contributed by atoms with Crippen LogP contribution in [-0.4, -0.2) is 56.7 Å². The van der Waals surface area contributed by atoms with Gasteiger partial charge in [-0.1, -0.05) is 0 Å². The van der Waals surface area contributed by atoms with Crippen LogP contribution in [0.5, 0.6) is 5.88 Å². The van der Waals surface area contributed by atoms with Crippen molar-refractivity contribution in [2.24, 2.45) is 7.05 Å². The summed E-state index contributed by atoms with van der Waals surface area (Å²) in [6.07, 6.45) is 8.14. The zero-order valence-electron chi connectivity index (χ0n) is 17.9. The van der Waals surface area contributed by atoms with Gasteiger partial charge in [0.25, 0.3) is 0 Å². The van der Waals surface area contributed by atoms with Gasteiger partial charge in [-0.25, -0.2) is 19.7 Å². The second-order valence-electron chi connectivity index (χ2n) is 8.45. The van der Waals surface area contributed by atoms with Crippen molar-refractivity contribution in [2.75, 3.05) is 31.1 Å². The maximum absolute atomic E-state index is 11.8. The van der Waals surface area contributed by atoms with E-state index in [9.17, 15) is 4.79 Å². The van der Waals surface area contributed by atoms with Crippen LogP contribution in [0, 0.1) is 0 Å². The first-order valence-corrected chi connectivity index (χ1v) is 11.1. The molecule has 31 heavy (non-hydrogen) atoms. The molecule has 0 amide bonds. The van der Waals surface area contributed by atoms with Crippen molar-refractivity contribution in [3.8, 4) is 5.88 Å². The van der Waals surface area contributed by atoms with Crippen LogP contribution in [0.4, 0.5) is 5.69 Å². The minimum atomic E-state index is -0.204. The number of anilines is 1. The van der Waals surface area contributed by atoms with E-state index in [0.717, 1.165) is 62.2 Å². The standard InChI is InChI=1S/C23H28N6O2/c1-27-18(8-9-24-23(27)30)15-28-10-12-29(13-11-28)17-6-7-21-20(14-17)22(26-16-25-21)31-19-4-2-3-5-19/h6-9,14,16,19H,2-5,10-13,15H2,1H3. The quantitative estimate of drug-likeness (QED) is 0.627. The molecule has 2 aliphatic rings. The molecule has 1 saturated heterocycles. The lowest BCUT2D eigenvalue weighted by molar-refractivity contribution is 0.204. The molecule has 1 aromatic carbocycles. The molecule has 1 aliphatic heterocycles. The summed E-state index contributed by atoms with van der Waals surface area (Å²) >= 11 is 0. The monoisotopic (exact) mass is 420 g/mol. The Hall–Kier alpha value is -3.00. The molecule has 0 N–H and O–H groups in total. The van der Waals surface area contributed by atoms with Crippen LogP contribution in [0.2, 0.25) is 0 Å². The smallest absolute Gasteiger partial charge is 0.347 e. The van der Waals surface area contributed by atoms with E-state index < -0.39 is 0 Å². The van der Waals surface area contributed by atoms with Gasteiger partial charge in [-0.05, 0) is 49.9 Å². The first-order valence-electron chi connectivity index (χ1n) is 11.1. The lowest BCUT2D eigenvalue weighted by atomic mass is 10.1. The first kappa shape index (κ1) is 19.9. The van der Waals surface area contributed by atoms with E-state index in [0.29, 0.717) is 5.88 Å². The van der Waals surface area contributed by atoms with E-state index in [2.05, 4.69) is 43.0 Å². The number of rotatable bonds is 5. The summed E-state index contributed by atoms with van der Waals surface area (Å²) in [5.74, 6) is 0.705. The zero-order valence-corrected chi connectivity index (χ0v) is 17.9. The van der Waals surface area contributed by atoms with E-state index in [4.69, 9.17) is 4.74 Å². The van der Waals surface area contributed by atoms with Crippen LogP contribution in [0.1, 0.15) is 31.4 Å². The number of benzene rings is 1. The second kappa shape index (κ2) is 8.63. The Balaban J connectivity index is 1.29. The van der Waals surface area contributed by atoms with E-state index in [1.807, 2.05) is 6.07 Å². The Morgan fingerprint density at radius 1 is 1.03 bits per heavy atom. The van der Waals surface area contributed by atoms with Gasteiger partial charge in [-0.3, -0.25) is 9.47 Å². The van der Waals surface area contributed by atoms with Gasteiger partial charge in [-0.2, -0.15) is 0 Å². The fraction of sp³-hybridized carbons (Fsp3) is 0.478. The zero-order chi connectivity index (χ0) is 21.2. The van der Waals surface area contributed by atoms with Gasteiger partial charge >= 0.3 is 5.69 Å². The molecule has 3 heterocycles. The molecule has 0 radical (unpaired) electrons. The summed E-state index contributed by atoms with van der Waals surface area (Å²) in [6.45, 7) is 4.48. The Labute approximate surface area is 181 Å². The van der Waals surface area contributed by atoms with E-state index in [1.54, 1.807) is 24.1 Å². The summed E-state index contributed by atoms with van der Waals surface area (Å²) in [7, 11) is 1.78. The number of nitrogens with zero attached hydrogens (tertiary/aromatic N) is 6. The first-order chi connectivity index (χ1) is 15.2. The number of fused-ring (bicyclic) bond motifs is 1. The van der Waals surface area contributed by atoms with Gasteiger partial charge in [0.2, 0.25) is 5.88 Å². The molecular weight excluding hydrogens is 392 g/mol. The number of hydrogen-bond acceptors (Lipinski definition) is 7. The molecule has 8 heteroatoms. The molecule has 0 unspecified atom stereocenters. The van der Waals surface area contributed by atoms with Crippen molar-refractivity contribution in [1.82, 2.24) is 24.4 Å². The van der Waals surface area contributed by atoms with Gasteiger partial charge in [0.1, 0.15) is 12.4 Å². The molecular formula is C23H28N6O2. The van der Waals surface area contributed by atoms with E-state index in [-0.39, 0.29) is 11.8 Å². The highest BCUT2D eigenvalue weighted by atomic mass is 16.5. The van der Waals surface area contributed by atoms with Crippen molar-refractivity contribution < 1.29 is 4.74 Å². The molecule has 162 valence electrons. The summed E-state index contributed by atoms with van der Waals surface area (Å²) < 4.78 is 7.85. The van der Waals surface area contributed by atoms with Gasteiger partial charge in [0, 0.05) is 57.3 Å². The van der Waals surface area contributed by atoms with Crippen molar-refractivity contribution in [1.29, 1.82) is 0 Å². The predicted molar refractivity (Wildman–Crippen MR) is 119 cm³/mol. The third-order valence-electron chi connectivity index (χ3n) is 6.46. The fourth-order valence-electron chi connectivity index (χ4n) is 4.54. The van der Waals surface area contributed by atoms with Crippen molar-refractivity contribution in [2.45, 2.75) is 38.3 Å². The highest BCUT2D eigenvalue weighted by molar-refractivity contribution is 5.86. The Morgan fingerprint density at radius 3 is 2.65 bits per heavy atom. The van der Waals surface area contributed by atoms with Crippen LogP contribution in [0.15, 0.2) is 41.6 Å². The highest BCUT2D eigenvalue weighted by Crippen LogP contribution is 2.30. The van der Waals surface area contributed by atoms with Crippen LogP contribution in [0.3, 0.4) is 0 Å². The second-order valence-corrected chi connectivity index (χ2v) is 8.45. The van der Waals surface area contributed by atoms with Crippen LogP contribution >= 0.6 is 0 Å². The highest BCUT2D eigenvalue weighted by Gasteiger charge is 2.21. The molecule has 3 aromatic rings. The average Bonchev–Trinajstić information content (AvgIpc) is 3.31. The van der Waals surface area contributed by atoms with Crippen LogP contribution in [-0.2, 0) is 13.6 Å². The lowest BCUT2D eigenvalue weighted by Crippen LogP contribution is -2.46. The van der Waals surface area contributed by atoms with Crippen molar-refractivity contribution in [3.63, 3.8) is 0 Å². The largest absolute Gasteiger partial charge is 0.474 e.